The van der Waals surface area contributed by atoms with Gasteiger partial charge >= 0.3 is 0 Å². The Morgan fingerprint density at radius 1 is 1.07 bits per heavy atom. The molecule has 3 aliphatic heterocycles. The van der Waals surface area contributed by atoms with Crippen LogP contribution in [0.15, 0.2) is 47.5 Å². The summed E-state index contributed by atoms with van der Waals surface area (Å²) >= 11 is 0.852. The Hall–Kier alpha value is -3.20. The fourth-order valence-corrected chi connectivity index (χ4v) is 4.91. The molecule has 0 radical (unpaired) electrons. The number of carbonyl (C=O) groups excluding carboxylic acids is 3. The Morgan fingerprint density at radius 3 is 2.47 bits per heavy atom. The first-order valence-electron chi connectivity index (χ1n) is 9.74. The summed E-state index contributed by atoms with van der Waals surface area (Å²) in [5.41, 5.74) is 0.732. The van der Waals surface area contributed by atoms with Crippen LogP contribution in [0.5, 0.6) is 0 Å². The van der Waals surface area contributed by atoms with E-state index in [2.05, 4.69) is 20.2 Å². The van der Waals surface area contributed by atoms with Gasteiger partial charge in [0.1, 0.15) is 5.82 Å². The summed E-state index contributed by atoms with van der Waals surface area (Å²) in [4.78, 5) is 49.0. The third kappa shape index (κ3) is 3.56. The number of amides is 3. The molecule has 3 fully saturated rings. The van der Waals surface area contributed by atoms with Gasteiger partial charge in [0.05, 0.1) is 4.91 Å². The molecule has 8 nitrogen and oxygen atoms in total. The first-order valence-corrected chi connectivity index (χ1v) is 10.6. The average Bonchev–Trinajstić information content (AvgIpc) is 3.41. The van der Waals surface area contributed by atoms with Crippen molar-refractivity contribution in [3.8, 4) is 0 Å². The first-order chi connectivity index (χ1) is 14.6. The third-order valence-corrected chi connectivity index (χ3v) is 6.49. The van der Waals surface area contributed by atoms with Gasteiger partial charge in [-0.3, -0.25) is 19.7 Å². The number of aromatic nitrogens is 2. The van der Waals surface area contributed by atoms with Gasteiger partial charge in [-0.15, -0.1) is 0 Å². The number of nitrogens with zero attached hydrogens (tertiary/aromatic N) is 4. The van der Waals surface area contributed by atoms with Gasteiger partial charge in [-0.2, -0.15) is 0 Å². The average molecular weight is 421 g/mol. The Bertz CT molecular complexity index is 1040. The van der Waals surface area contributed by atoms with Crippen molar-refractivity contribution in [2.45, 2.75) is 0 Å². The monoisotopic (exact) mass is 421 g/mol. The smallest absolute Gasteiger partial charge is 0.290 e. The molecule has 2 unspecified atom stereocenters. The minimum atomic E-state index is -0.419. The summed E-state index contributed by atoms with van der Waals surface area (Å²) in [6.07, 6.45) is 3.19. The van der Waals surface area contributed by atoms with Crippen LogP contribution in [0.25, 0.3) is 6.08 Å². The number of hydrogen-bond donors (Lipinski definition) is 1. The zero-order chi connectivity index (χ0) is 20.7. The second kappa shape index (κ2) is 7.56. The molecule has 0 spiro atoms. The van der Waals surface area contributed by atoms with Crippen molar-refractivity contribution in [2.24, 2.45) is 11.8 Å². The number of likely N-dealkylation sites (tertiary alicyclic amines) is 1. The summed E-state index contributed by atoms with van der Waals surface area (Å²) in [7, 11) is 0. The van der Waals surface area contributed by atoms with Gasteiger partial charge in [0.2, 0.25) is 0 Å². The topological polar surface area (TPSA) is 95.5 Å². The summed E-state index contributed by atoms with van der Waals surface area (Å²) in [6.45, 7) is 3.14. The van der Waals surface area contributed by atoms with Crippen molar-refractivity contribution < 1.29 is 14.4 Å². The van der Waals surface area contributed by atoms with E-state index in [-0.39, 0.29) is 11.1 Å². The van der Waals surface area contributed by atoms with E-state index in [1.165, 1.54) is 6.08 Å². The minimum Gasteiger partial charge on any atom is -0.356 e. The van der Waals surface area contributed by atoms with Crippen LogP contribution in [0, 0.1) is 11.8 Å². The van der Waals surface area contributed by atoms with E-state index in [1.807, 2.05) is 41.3 Å². The van der Waals surface area contributed by atoms with Crippen molar-refractivity contribution in [1.82, 2.24) is 20.2 Å². The molecule has 2 atom stereocenters. The van der Waals surface area contributed by atoms with Crippen molar-refractivity contribution >= 4 is 40.7 Å². The molecule has 1 N–H and O–H groups in total. The normalized spacial score (nSPS) is 24.5. The van der Waals surface area contributed by atoms with Crippen LogP contribution in [0.3, 0.4) is 0 Å². The molecular formula is C21H19N5O3S. The number of fused-ring (bicyclic) bond motifs is 1. The molecule has 1 aromatic carbocycles. The molecule has 9 heteroatoms. The first kappa shape index (κ1) is 18.8. The lowest BCUT2D eigenvalue weighted by molar-refractivity contribution is -0.115. The van der Waals surface area contributed by atoms with Crippen LogP contribution in [0.2, 0.25) is 0 Å². The van der Waals surface area contributed by atoms with E-state index in [0.717, 1.165) is 49.3 Å². The highest BCUT2D eigenvalue weighted by molar-refractivity contribution is 8.18. The SMILES string of the molecule is O=C1NC(=O)C(=Cc2nccc(N3CC4CN(C(=O)c5ccccc5)CC4C3)n2)S1. The van der Waals surface area contributed by atoms with Crippen LogP contribution in [-0.2, 0) is 4.79 Å². The quantitative estimate of drug-likeness (QED) is 0.758. The lowest BCUT2D eigenvalue weighted by atomic mass is 10.0. The van der Waals surface area contributed by atoms with Gasteiger partial charge in [0.15, 0.2) is 5.82 Å². The molecule has 0 bridgehead atoms. The van der Waals surface area contributed by atoms with Gasteiger partial charge < -0.3 is 9.80 Å². The molecule has 3 amide bonds. The Labute approximate surface area is 177 Å². The lowest BCUT2D eigenvalue weighted by Crippen LogP contribution is -2.33. The predicted octanol–water partition coefficient (Wildman–Crippen LogP) is 2.01. The molecule has 0 saturated carbocycles. The number of rotatable bonds is 3. The second-order valence-electron chi connectivity index (χ2n) is 7.63. The zero-order valence-electron chi connectivity index (χ0n) is 16.0. The largest absolute Gasteiger partial charge is 0.356 e. The van der Waals surface area contributed by atoms with Gasteiger partial charge in [-0.25, -0.2) is 9.97 Å². The zero-order valence-corrected chi connectivity index (χ0v) is 16.8. The highest BCUT2D eigenvalue weighted by Gasteiger charge is 2.42. The number of hydrogen-bond acceptors (Lipinski definition) is 7. The van der Waals surface area contributed by atoms with Crippen molar-refractivity contribution in [2.75, 3.05) is 31.1 Å². The maximum atomic E-state index is 12.7. The van der Waals surface area contributed by atoms with E-state index >= 15 is 0 Å². The summed E-state index contributed by atoms with van der Waals surface area (Å²) in [5, 5.41) is 1.84. The Kier molecular flexibility index (Phi) is 4.74. The van der Waals surface area contributed by atoms with E-state index in [0.29, 0.717) is 22.6 Å². The van der Waals surface area contributed by atoms with E-state index in [1.54, 1.807) is 6.20 Å². The fourth-order valence-electron chi connectivity index (χ4n) is 4.26. The number of benzene rings is 1. The predicted molar refractivity (Wildman–Crippen MR) is 113 cm³/mol. The van der Waals surface area contributed by atoms with Crippen molar-refractivity contribution in [3.05, 3.63) is 58.9 Å². The molecule has 4 heterocycles. The molecule has 3 saturated heterocycles. The summed E-state index contributed by atoms with van der Waals surface area (Å²) in [6, 6.07) is 11.2. The van der Waals surface area contributed by atoms with E-state index in [4.69, 9.17) is 0 Å². The summed E-state index contributed by atoms with van der Waals surface area (Å²) < 4.78 is 0. The van der Waals surface area contributed by atoms with E-state index < -0.39 is 5.91 Å². The van der Waals surface area contributed by atoms with Crippen LogP contribution in [0.1, 0.15) is 16.2 Å². The van der Waals surface area contributed by atoms with E-state index in [9.17, 15) is 14.4 Å². The van der Waals surface area contributed by atoms with Crippen LogP contribution >= 0.6 is 11.8 Å². The second-order valence-corrected chi connectivity index (χ2v) is 8.64. The van der Waals surface area contributed by atoms with Gasteiger partial charge in [0.25, 0.3) is 17.1 Å². The number of thioether (sulfide) groups is 1. The molecular weight excluding hydrogens is 402 g/mol. The maximum Gasteiger partial charge on any atom is 0.290 e. The molecule has 3 aliphatic rings. The molecule has 2 aromatic rings. The van der Waals surface area contributed by atoms with Crippen LogP contribution in [0.4, 0.5) is 10.6 Å². The van der Waals surface area contributed by atoms with Crippen LogP contribution < -0.4 is 10.2 Å². The van der Waals surface area contributed by atoms with Crippen molar-refractivity contribution in [1.29, 1.82) is 0 Å². The maximum absolute atomic E-state index is 12.7. The Morgan fingerprint density at radius 2 is 1.80 bits per heavy atom. The lowest BCUT2D eigenvalue weighted by Gasteiger charge is -2.22. The van der Waals surface area contributed by atoms with Gasteiger partial charge in [0, 0.05) is 55.9 Å². The summed E-state index contributed by atoms with van der Waals surface area (Å²) in [5.74, 6) is 1.68. The van der Waals surface area contributed by atoms with Gasteiger partial charge in [-0.1, -0.05) is 18.2 Å². The Balaban J connectivity index is 1.26. The molecule has 0 aliphatic carbocycles. The van der Waals surface area contributed by atoms with Gasteiger partial charge in [-0.05, 0) is 30.0 Å². The standard InChI is InChI=1S/C21H19N5O3S/c27-19-16(30-21(29)24-19)8-17-22-7-6-18(23-17)25-9-14-11-26(12-15(14)10-25)20(28)13-4-2-1-3-5-13/h1-8,14-15H,9-12H2,(H,24,27,29). The van der Waals surface area contributed by atoms with Crippen molar-refractivity contribution in [3.63, 3.8) is 0 Å². The minimum absolute atomic E-state index is 0.0920. The molecule has 1 aromatic heterocycles. The number of anilines is 1. The number of imide groups is 1. The highest BCUT2D eigenvalue weighted by Crippen LogP contribution is 2.34. The number of nitrogens with one attached hydrogen (secondary N) is 1. The molecule has 30 heavy (non-hydrogen) atoms. The fraction of sp³-hybridized carbons (Fsp3) is 0.286. The highest BCUT2D eigenvalue weighted by atomic mass is 32.2. The van der Waals surface area contributed by atoms with Crippen LogP contribution in [-0.4, -0.2) is 58.1 Å². The number of carbonyl (C=O) groups is 3. The third-order valence-electron chi connectivity index (χ3n) is 5.68. The molecule has 5 rings (SSSR count). The molecule has 152 valence electrons.